The topological polar surface area (TPSA) is 86.1 Å². The summed E-state index contributed by atoms with van der Waals surface area (Å²) < 4.78 is 21.0. The van der Waals surface area contributed by atoms with Gasteiger partial charge in [-0.25, -0.2) is 9.18 Å². The van der Waals surface area contributed by atoms with E-state index < -0.39 is 5.97 Å². The minimum absolute atomic E-state index is 0.116. The Labute approximate surface area is 206 Å². The number of thioether (sulfide) groups is 1. The van der Waals surface area contributed by atoms with Crippen molar-refractivity contribution in [2.75, 3.05) is 12.9 Å². The Morgan fingerprint density at radius 2 is 1.66 bits per heavy atom. The van der Waals surface area contributed by atoms with Gasteiger partial charge in [0.15, 0.2) is 11.0 Å². The van der Waals surface area contributed by atoms with Gasteiger partial charge in [0.05, 0.1) is 30.5 Å². The molecule has 0 aliphatic rings. The van der Waals surface area contributed by atoms with Crippen molar-refractivity contribution >= 4 is 23.6 Å². The van der Waals surface area contributed by atoms with Crippen LogP contribution in [0, 0.1) is 5.82 Å². The van der Waals surface area contributed by atoms with Crippen molar-refractivity contribution < 1.29 is 18.7 Å². The maximum atomic E-state index is 14.5. The lowest BCUT2D eigenvalue weighted by Gasteiger charge is -2.11. The zero-order valence-electron chi connectivity index (χ0n) is 19.0. The molecule has 1 N–H and O–H groups in total. The van der Waals surface area contributed by atoms with Crippen molar-refractivity contribution in [1.29, 1.82) is 0 Å². The molecule has 4 rings (SSSR count). The van der Waals surface area contributed by atoms with Gasteiger partial charge >= 0.3 is 5.97 Å². The summed E-state index contributed by atoms with van der Waals surface area (Å²) >= 11 is 1.23. The van der Waals surface area contributed by atoms with E-state index in [1.807, 2.05) is 34.9 Å². The van der Waals surface area contributed by atoms with E-state index in [0.29, 0.717) is 35.2 Å². The molecule has 1 amide bonds. The summed E-state index contributed by atoms with van der Waals surface area (Å²) in [4.78, 5) is 24.0. The van der Waals surface area contributed by atoms with Gasteiger partial charge in [-0.05, 0) is 35.4 Å². The SMILES string of the molecule is COC(=O)c1ccc(CNC(=O)CSc2nnc(-c3ccccc3F)n2Cc2ccccc2)cc1. The first-order valence-electron chi connectivity index (χ1n) is 10.8. The number of hydrogen-bond acceptors (Lipinski definition) is 6. The number of nitrogens with one attached hydrogen (secondary N) is 1. The summed E-state index contributed by atoms with van der Waals surface area (Å²) in [7, 11) is 1.33. The quantitative estimate of drug-likeness (QED) is 0.278. The molecule has 178 valence electrons. The fraction of sp³-hybridized carbons (Fsp3) is 0.154. The molecule has 9 heteroatoms. The van der Waals surface area contributed by atoms with Gasteiger partial charge in [0.1, 0.15) is 5.82 Å². The van der Waals surface area contributed by atoms with Gasteiger partial charge in [0.2, 0.25) is 5.91 Å². The van der Waals surface area contributed by atoms with Crippen molar-refractivity contribution in [2.45, 2.75) is 18.2 Å². The molecule has 0 unspecified atom stereocenters. The lowest BCUT2D eigenvalue weighted by atomic mass is 10.1. The highest BCUT2D eigenvalue weighted by atomic mass is 32.2. The molecule has 0 aliphatic heterocycles. The Kier molecular flexibility index (Phi) is 7.89. The van der Waals surface area contributed by atoms with Crippen molar-refractivity contribution in [3.63, 3.8) is 0 Å². The van der Waals surface area contributed by atoms with Gasteiger partial charge in [-0.15, -0.1) is 10.2 Å². The first kappa shape index (κ1) is 24.2. The largest absolute Gasteiger partial charge is 0.465 e. The van der Waals surface area contributed by atoms with Crippen molar-refractivity contribution in [3.05, 3.63) is 101 Å². The van der Waals surface area contributed by atoms with Gasteiger partial charge in [0.25, 0.3) is 0 Å². The summed E-state index contributed by atoms with van der Waals surface area (Å²) in [6.45, 7) is 0.756. The zero-order chi connectivity index (χ0) is 24.6. The molecule has 0 radical (unpaired) electrons. The maximum Gasteiger partial charge on any atom is 0.337 e. The Morgan fingerprint density at radius 1 is 0.943 bits per heavy atom. The van der Waals surface area contributed by atoms with Gasteiger partial charge in [-0.1, -0.05) is 66.4 Å². The van der Waals surface area contributed by atoms with E-state index in [-0.39, 0.29) is 17.5 Å². The number of aromatic nitrogens is 3. The number of halogens is 1. The van der Waals surface area contributed by atoms with Gasteiger partial charge in [-0.2, -0.15) is 0 Å². The Morgan fingerprint density at radius 3 is 2.37 bits per heavy atom. The molecule has 1 heterocycles. The Bertz CT molecular complexity index is 1310. The van der Waals surface area contributed by atoms with E-state index in [1.165, 1.54) is 24.9 Å². The van der Waals surface area contributed by atoms with Crippen LogP contribution in [0.5, 0.6) is 0 Å². The molecule has 3 aromatic carbocycles. The van der Waals surface area contributed by atoms with E-state index >= 15 is 0 Å². The second-order valence-corrected chi connectivity index (χ2v) is 8.55. The third-order valence-electron chi connectivity index (χ3n) is 5.21. The lowest BCUT2D eigenvalue weighted by Crippen LogP contribution is -2.24. The molecule has 0 aliphatic carbocycles. The number of amides is 1. The number of rotatable bonds is 9. The van der Waals surface area contributed by atoms with Crippen LogP contribution in [-0.2, 0) is 22.6 Å². The number of ether oxygens (including phenoxy) is 1. The monoisotopic (exact) mass is 490 g/mol. The predicted molar refractivity (Wildman–Crippen MR) is 131 cm³/mol. The van der Waals surface area contributed by atoms with Crippen LogP contribution in [0.4, 0.5) is 4.39 Å². The number of methoxy groups -OCH3 is 1. The second kappa shape index (κ2) is 11.4. The Balaban J connectivity index is 1.44. The smallest absolute Gasteiger partial charge is 0.337 e. The van der Waals surface area contributed by atoms with Crippen LogP contribution in [0.25, 0.3) is 11.4 Å². The average Bonchev–Trinajstić information content (AvgIpc) is 3.28. The third kappa shape index (κ3) is 6.13. The summed E-state index contributed by atoms with van der Waals surface area (Å²) in [6, 6.07) is 23.0. The minimum Gasteiger partial charge on any atom is -0.465 e. The summed E-state index contributed by atoms with van der Waals surface area (Å²) in [5, 5.41) is 11.8. The van der Waals surface area contributed by atoms with Crippen LogP contribution in [0.2, 0.25) is 0 Å². The van der Waals surface area contributed by atoms with Crippen molar-refractivity contribution in [1.82, 2.24) is 20.1 Å². The molecule has 0 saturated heterocycles. The maximum absolute atomic E-state index is 14.5. The fourth-order valence-electron chi connectivity index (χ4n) is 3.40. The molecule has 7 nitrogen and oxygen atoms in total. The third-order valence-corrected chi connectivity index (χ3v) is 6.18. The normalized spacial score (nSPS) is 10.7. The molecule has 0 fully saturated rings. The highest BCUT2D eigenvalue weighted by Crippen LogP contribution is 2.27. The van der Waals surface area contributed by atoms with Crippen LogP contribution in [0.15, 0.2) is 84.0 Å². The molecular formula is C26H23FN4O3S. The molecule has 4 aromatic rings. The predicted octanol–water partition coefficient (Wildman–Crippen LogP) is 4.33. The van der Waals surface area contributed by atoms with Crippen LogP contribution in [0.1, 0.15) is 21.5 Å². The van der Waals surface area contributed by atoms with Crippen molar-refractivity contribution in [2.24, 2.45) is 0 Å². The molecule has 0 bridgehead atoms. The van der Waals surface area contributed by atoms with E-state index in [9.17, 15) is 14.0 Å². The fourth-order valence-corrected chi connectivity index (χ4v) is 4.17. The molecule has 35 heavy (non-hydrogen) atoms. The highest BCUT2D eigenvalue weighted by Gasteiger charge is 2.18. The van der Waals surface area contributed by atoms with E-state index in [1.54, 1.807) is 42.5 Å². The minimum atomic E-state index is -0.411. The lowest BCUT2D eigenvalue weighted by molar-refractivity contribution is -0.118. The van der Waals surface area contributed by atoms with Gasteiger partial charge in [0, 0.05) is 6.54 Å². The van der Waals surface area contributed by atoms with Gasteiger partial charge < -0.3 is 10.1 Å². The summed E-state index contributed by atoms with van der Waals surface area (Å²) in [5.74, 6) is -0.466. The second-order valence-electron chi connectivity index (χ2n) is 7.61. The number of esters is 1. The molecule has 0 atom stereocenters. The highest BCUT2D eigenvalue weighted by molar-refractivity contribution is 7.99. The standard InChI is InChI=1S/C26H23FN4O3S/c1-34-25(33)20-13-11-18(12-14-20)15-28-23(32)17-35-26-30-29-24(21-9-5-6-10-22(21)27)31(26)16-19-7-3-2-4-8-19/h2-14H,15-17H2,1H3,(H,28,32). The van der Waals surface area contributed by atoms with Crippen LogP contribution in [-0.4, -0.2) is 39.5 Å². The van der Waals surface area contributed by atoms with E-state index in [0.717, 1.165) is 11.1 Å². The van der Waals surface area contributed by atoms with E-state index in [4.69, 9.17) is 0 Å². The van der Waals surface area contributed by atoms with Crippen LogP contribution in [0.3, 0.4) is 0 Å². The number of hydrogen-bond donors (Lipinski definition) is 1. The number of carbonyl (C=O) groups is 2. The summed E-state index contributed by atoms with van der Waals surface area (Å²) in [6.07, 6.45) is 0. The molecule has 0 spiro atoms. The number of benzene rings is 3. The first-order chi connectivity index (χ1) is 17.0. The number of nitrogens with zero attached hydrogens (tertiary/aromatic N) is 3. The molecule has 1 aromatic heterocycles. The Hall–Kier alpha value is -3.98. The zero-order valence-corrected chi connectivity index (χ0v) is 19.8. The molecule has 0 saturated carbocycles. The molecular weight excluding hydrogens is 467 g/mol. The summed E-state index contributed by atoms with van der Waals surface area (Å²) in [5.41, 5.74) is 2.65. The van der Waals surface area contributed by atoms with E-state index in [2.05, 4.69) is 20.3 Å². The number of carbonyl (C=O) groups excluding carboxylic acids is 2. The first-order valence-corrected chi connectivity index (χ1v) is 11.8. The van der Waals surface area contributed by atoms with Crippen molar-refractivity contribution in [3.8, 4) is 11.4 Å². The van der Waals surface area contributed by atoms with Gasteiger partial charge in [-0.3, -0.25) is 9.36 Å². The van der Waals surface area contributed by atoms with Crippen LogP contribution < -0.4 is 5.32 Å². The average molecular weight is 491 g/mol. The van der Waals surface area contributed by atoms with Crippen LogP contribution >= 0.6 is 11.8 Å².